The monoisotopic (exact) mass is 165 g/mol. The number of aromatic nitrogens is 5. The summed E-state index contributed by atoms with van der Waals surface area (Å²) in [6.07, 6.45) is 2.89. The van der Waals surface area contributed by atoms with Crippen molar-refractivity contribution in [1.29, 1.82) is 0 Å². The van der Waals surface area contributed by atoms with Crippen molar-refractivity contribution in [3.05, 3.63) is 12.5 Å². The number of H-pyrrole nitrogens is 1. The molecular formula is C6H7N5O. The second-order valence-corrected chi connectivity index (χ2v) is 2.37. The van der Waals surface area contributed by atoms with E-state index in [1.165, 1.54) is 12.5 Å². The Labute approximate surface area is 67.9 Å². The van der Waals surface area contributed by atoms with Crippen LogP contribution in [0.15, 0.2) is 12.5 Å². The molecule has 0 bridgehead atoms. The van der Waals surface area contributed by atoms with Crippen LogP contribution in [0.3, 0.4) is 0 Å². The second-order valence-electron chi connectivity index (χ2n) is 2.37. The molecule has 62 valence electrons. The number of imidazole rings is 1. The van der Waals surface area contributed by atoms with Crippen LogP contribution >= 0.6 is 0 Å². The molecular weight excluding hydrogens is 158 g/mol. The Morgan fingerprint density at radius 2 is 2.42 bits per heavy atom. The summed E-state index contributed by atoms with van der Waals surface area (Å²) in [7, 11) is 1.77. The number of aromatic amines is 1. The molecule has 0 aromatic carbocycles. The summed E-state index contributed by atoms with van der Waals surface area (Å²) in [6, 6.07) is 0. The maximum absolute atomic E-state index is 9.04. The molecule has 0 saturated heterocycles. The maximum atomic E-state index is 9.04. The predicted molar refractivity (Wildman–Crippen MR) is 40.2 cm³/mol. The molecule has 2 aromatic rings. The number of aryl methyl sites for hydroxylation is 1. The average Bonchev–Trinajstić information content (AvgIpc) is 2.58. The van der Waals surface area contributed by atoms with Gasteiger partial charge in [0.1, 0.15) is 6.33 Å². The Morgan fingerprint density at radius 1 is 1.58 bits per heavy atom. The highest BCUT2D eigenvalue weighted by molar-refractivity contribution is 5.44. The molecule has 0 unspecified atom stereocenters. The first-order chi connectivity index (χ1) is 5.77. The quantitative estimate of drug-likeness (QED) is 0.619. The first kappa shape index (κ1) is 6.84. The van der Waals surface area contributed by atoms with Crippen molar-refractivity contribution in [2.24, 2.45) is 7.05 Å². The van der Waals surface area contributed by atoms with Gasteiger partial charge < -0.3 is 9.67 Å². The van der Waals surface area contributed by atoms with E-state index in [-0.39, 0.29) is 5.88 Å². The van der Waals surface area contributed by atoms with Crippen LogP contribution in [0.2, 0.25) is 0 Å². The lowest BCUT2D eigenvalue weighted by Gasteiger charge is -1.93. The minimum atomic E-state index is -0.0242. The zero-order chi connectivity index (χ0) is 8.55. The standard InChI is InChI=1S/C6H7N5O/c1-11-2-4(12)9-6(11)5-7-3-8-10-5/h2-3,12H,1H3,(H,7,8,10). The Morgan fingerprint density at radius 3 is 2.92 bits per heavy atom. The zero-order valence-electron chi connectivity index (χ0n) is 6.39. The first-order valence-corrected chi connectivity index (χ1v) is 3.35. The van der Waals surface area contributed by atoms with E-state index < -0.39 is 0 Å². The topological polar surface area (TPSA) is 79.6 Å². The molecule has 0 aliphatic carbocycles. The van der Waals surface area contributed by atoms with Crippen LogP contribution in [-0.4, -0.2) is 29.8 Å². The Kier molecular flexibility index (Phi) is 1.33. The van der Waals surface area contributed by atoms with Crippen molar-refractivity contribution in [2.75, 3.05) is 0 Å². The van der Waals surface area contributed by atoms with E-state index >= 15 is 0 Å². The molecule has 0 fully saturated rings. The van der Waals surface area contributed by atoms with E-state index in [9.17, 15) is 0 Å². The number of hydrogen-bond acceptors (Lipinski definition) is 4. The van der Waals surface area contributed by atoms with Gasteiger partial charge in [-0.1, -0.05) is 0 Å². The molecule has 0 aliphatic heterocycles. The molecule has 2 rings (SSSR count). The third-order valence-corrected chi connectivity index (χ3v) is 1.49. The van der Waals surface area contributed by atoms with Gasteiger partial charge in [-0.15, -0.1) is 0 Å². The number of nitrogens with zero attached hydrogens (tertiary/aromatic N) is 4. The number of aromatic hydroxyl groups is 1. The summed E-state index contributed by atoms with van der Waals surface area (Å²) in [5.41, 5.74) is 0. The van der Waals surface area contributed by atoms with Crippen LogP contribution in [0.4, 0.5) is 0 Å². The van der Waals surface area contributed by atoms with E-state index in [0.29, 0.717) is 11.6 Å². The molecule has 0 atom stereocenters. The fourth-order valence-electron chi connectivity index (χ4n) is 0.984. The summed E-state index contributed by atoms with van der Waals surface area (Å²) >= 11 is 0. The second kappa shape index (κ2) is 2.33. The highest BCUT2D eigenvalue weighted by Crippen LogP contribution is 2.15. The van der Waals surface area contributed by atoms with E-state index in [1.807, 2.05) is 0 Å². The predicted octanol–water partition coefficient (Wildman–Crippen LogP) is -0.0892. The summed E-state index contributed by atoms with van der Waals surface area (Å²) in [5, 5.41) is 15.4. The number of nitrogens with one attached hydrogen (secondary N) is 1. The van der Waals surface area contributed by atoms with Gasteiger partial charge in [-0.2, -0.15) is 10.1 Å². The molecule has 0 saturated carbocycles. The summed E-state index contributed by atoms with van der Waals surface area (Å²) < 4.78 is 1.66. The highest BCUT2D eigenvalue weighted by Gasteiger charge is 2.08. The summed E-state index contributed by atoms with van der Waals surface area (Å²) in [5.74, 6) is 1.08. The molecule has 12 heavy (non-hydrogen) atoms. The lowest BCUT2D eigenvalue weighted by Crippen LogP contribution is -1.92. The maximum Gasteiger partial charge on any atom is 0.229 e. The van der Waals surface area contributed by atoms with Crippen molar-refractivity contribution in [3.8, 4) is 17.5 Å². The highest BCUT2D eigenvalue weighted by atomic mass is 16.3. The van der Waals surface area contributed by atoms with Crippen molar-refractivity contribution in [3.63, 3.8) is 0 Å². The van der Waals surface area contributed by atoms with Crippen LogP contribution < -0.4 is 0 Å². The SMILES string of the molecule is Cn1cc(O)nc1-c1ncn[nH]1. The average molecular weight is 165 g/mol. The van der Waals surface area contributed by atoms with Crippen LogP contribution in [0.1, 0.15) is 0 Å². The summed E-state index contributed by atoms with van der Waals surface area (Å²) in [4.78, 5) is 7.74. The smallest absolute Gasteiger partial charge is 0.229 e. The molecule has 6 heteroatoms. The molecule has 0 spiro atoms. The molecule has 0 amide bonds. The van der Waals surface area contributed by atoms with Gasteiger partial charge in [-0.25, -0.2) is 4.98 Å². The molecule has 2 N–H and O–H groups in total. The lowest BCUT2D eigenvalue weighted by atomic mass is 10.6. The van der Waals surface area contributed by atoms with E-state index in [1.54, 1.807) is 11.6 Å². The van der Waals surface area contributed by atoms with E-state index in [0.717, 1.165) is 0 Å². The van der Waals surface area contributed by atoms with Crippen LogP contribution in [-0.2, 0) is 7.05 Å². The van der Waals surface area contributed by atoms with Gasteiger partial charge >= 0.3 is 0 Å². The van der Waals surface area contributed by atoms with Crippen LogP contribution in [0.5, 0.6) is 5.88 Å². The Hall–Kier alpha value is -1.85. The zero-order valence-corrected chi connectivity index (χ0v) is 6.39. The minimum absolute atomic E-state index is 0.0242. The lowest BCUT2D eigenvalue weighted by molar-refractivity contribution is 0.456. The number of rotatable bonds is 1. The fraction of sp³-hybridized carbons (Fsp3) is 0.167. The van der Waals surface area contributed by atoms with Crippen molar-refractivity contribution in [1.82, 2.24) is 24.7 Å². The van der Waals surface area contributed by atoms with Gasteiger partial charge in [0.2, 0.25) is 5.88 Å². The van der Waals surface area contributed by atoms with Gasteiger partial charge in [0.25, 0.3) is 0 Å². The van der Waals surface area contributed by atoms with Gasteiger partial charge in [0, 0.05) is 7.05 Å². The minimum Gasteiger partial charge on any atom is -0.492 e. The van der Waals surface area contributed by atoms with E-state index in [4.69, 9.17) is 5.11 Å². The van der Waals surface area contributed by atoms with Gasteiger partial charge in [0.15, 0.2) is 11.6 Å². The van der Waals surface area contributed by atoms with Crippen molar-refractivity contribution >= 4 is 0 Å². The van der Waals surface area contributed by atoms with Crippen molar-refractivity contribution < 1.29 is 5.11 Å². The molecule has 0 radical (unpaired) electrons. The van der Waals surface area contributed by atoms with Crippen LogP contribution in [0.25, 0.3) is 11.6 Å². The third-order valence-electron chi connectivity index (χ3n) is 1.49. The Bertz CT molecular complexity index is 377. The Balaban J connectivity index is 2.54. The van der Waals surface area contributed by atoms with Gasteiger partial charge in [-0.3, -0.25) is 5.10 Å². The molecule has 2 heterocycles. The van der Waals surface area contributed by atoms with E-state index in [2.05, 4.69) is 20.2 Å². The van der Waals surface area contributed by atoms with Gasteiger partial charge in [-0.05, 0) is 0 Å². The molecule has 6 nitrogen and oxygen atoms in total. The first-order valence-electron chi connectivity index (χ1n) is 3.35. The van der Waals surface area contributed by atoms with Crippen LogP contribution in [0, 0.1) is 0 Å². The largest absolute Gasteiger partial charge is 0.492 e. The fourth-order valence-corrected chi connectivity index (χ4v) is 0.984. The number of hydrogen-bond donors (Lipinski definition) is 2. The molecule has 2 aromatic heterocycles. The third kappa shape index (κ3) is 0.931. The van der Waals surface area contributed by atoms with Gasteiger partial charge in [0.05, 0.1) is 6.20 Å². The summed E-state index contributed by atoms with van der Waals surface area (Å²) in [6.45, 7) is 0. The van der Waals surface area contributed by atoms with Crippen molar-refractivity contribution in [2.45, 2.75) is 0 Å². The molecule has 0 aliphatic rings. The normalized spacial score (nSPS) is 10.4.